The van der Waals surface area contributed by atoms with Gasteiger partial charge in [-0.3, -0.25) is 4.79 Å². The summed E-state index contributed by atoms with van der Waals surface area (Å²) in [6, 6.07) is 0. The number of unbranched alkanes of at least 4 members (excludes halogenated alkanes) is 1. The molecule has 88 valence electrons. The average molecular weight is 232 g/mol. The van der Waals surface area contributed by atoms with Crippen LogP contribution >= 0.6 is 0 Å². The van der Waals surface area contributed by atoms with Crippen molar-refractivity contribution in [3.63, 3.8) is 0 Å². The quantitative estimate of drug-likeness (QED) is 0.703. The van der Waals surface area contributed by atoms with E-state index in [-0.39, 0.29) is 23.2 Å². The molecule has 1 fully saturated rings. The normalized spacial score (nSPS) is 22.2. The first-order valence-electron chi connectivity index (χ1n) is 5.78. The van der Waals surface area contributed by atoms with Crippen LogP contribution in [0.3, 0.4) is 0 Å². The van der Waals surface area contributed by atoms with Crippen molar-refractivity contribution in [2.45, 2.75) is 45.4 Å². The number of rotatable bonds is 6. The lowest BCUT2D eigenvalue weighted by Crippen LogP contribution is -2.16. The maximum atomic E-state index is 11.5. The van der Waals surface area contributed by atoms with Gasteiger partial charge < -0.3 is 0 Å². The minimum absolute atomic E-state index is 0.0291. The molecule has 3 nitrogen and oxygen atoms in total. The minimum Gasteiger partial charge on any atom is -0.299 e. The van der Waals surface area contributed by atoms with Crippen molar-refractivity contribution in [1.29, 1.82) is 0 Å². The third-order valence-electron chi connectivity index (χ3n) is 3.02. The van der Waals surface area contributed by atoms with E-state index in [2.05, 4.69) is 0 Å². The van der Waals surface area contributed by atoms with E-state index >= 15 is 0 Å². The fourth-order valence-electron chi connectivity index (χ4n) is 1.98. The van der Waals surface area contributed by atoms with Gasteiger partial charge in [0, 0.05) is 12.3 Å². The summed E-state index contributed by atoms with van der Waals surface area (Å²) in [5, 5.41) is 0. The predicted molar refractivity (Wildman–Crippen MR) is 60.5 cm³/mol. The lowest BCUT2D eigenvalue weighted by molar-refractivity contribution is -0.120. The van der Waals surface area contributed by atoms with E-state index in [4.69, 9.17) is 0 Å². The maximum Gasteiger partial charge on any atom is 0.150 e. The van der Waals surface area contributed by atoms with E-state index in [0.29, 0.717) is 12.8 Å². The molecule has 0 aromatic carbocycles. The van der Waals surface area contributed by atoms with Gasteiger partial charge in [-0.25, -0.2) is 8.42 Å². The Bertz CT molecular complexity index is 306. The van der Waals surface area contributed by atoms with Gasteiger partial charge in [0.2, 0.25) is 0 Å². The van der Waals surface area contributed by atoms with E-state index in [9.17, 15) is 13.2 Å². The zero-order valence-electron chi connectivity index (χ0n) is 9.37. The highest BCUT2D eigenvalue weighted by Gasteiger charge is 2.25. The first-order chi connectivity index (χ1) is 7.05. The van der Waals surface area contributed by atoms with Crippen molar-refractivity contribution in [3.05, 3.63) is 0 Å². The van der Waals surface area contributed by atoms with Crippen LogP contribution in [0, 0.1) is 5.92 Å². The molecule has 0 radical (unpaired) electrons. The van der Waals surface area contributed by atoms with Crippen LogP contribution in [0.2, 0.25) is 0 Å². The van der Waals surface area contributed by atoms with E-state index in [0.717, 1.165) is 25.7 Å². The molecule has 0 spiro atoms. The molecule has 0 aromatic heterocycles. The number of hydrogen-bond acceptors (Lipinski definition) is 3. The third-order valence-corrected chi connectivity index (χ3v) is 4.79. The van der Waals surface area contributed by atoms with Crippen LogP contribution < -0.4 is 0 Å². The molecular formula is C11H20O3S. The molecule has 4 heteroatoms. The maximum absolute atomic E-state index is 11.5. The Labute approximate surface area is 92.2 Å². The molecule has 0 amide bonds. The highest BCUT2D eigenvalue weighted by atomic mass is 32.2. The van der Waals surface area contributed by atoms with Gasteiger partial charge in [0.15, 0.2) is 0 Å². The summed E-state index contributed by atoms with van der Waals surface area (Å²) < 4.78 is 23.1. The van der Waals surface area contributed by atoms with Crippen LogP contribution in [0.4, 0.5) is 0 Å². The van der Waals surface area contributed by atoms with E-state index in [1.54, 1.807) is 0 Å². The average Bonchev–Trinajstić information content (AvgIpc) is 2.58. The van der Waals surface area contributed by atoms with E-state index in [1.807, 2.05) is 6.92 Å². The number of sulfone groups is 1. The fourth-order valence-corrected chi connectivity index (χ4v) is 3.56. The van der Waals surface area contributed by atoms with Crippen molar-refractivity contribution < 1.29 is 13.2 Å². The van der Waals surface area contributed by atoms with Crippen LogP contribution in [-0.2, 0) is 14.6 Å². The Kier molecular flexibility index (Phi) is 4.77. The summed E-state index contributed by atoms with van der Waals surface area (Å²) in [5.74, 6) is 0.774. The number of carbonyl (C=O) groups excluding carboxylic acids is 1. The van der Waals surface area contributed by atoms with Crippen LogP contribution in [0.5, 0.6) is 0 Å². The van der Waals surface area contributed by atoms with Crippen molar-refractivity contribution >= 4 is 15.6 Å². The van der Waals surface area contributed by atoms with Crippen molar-refractivity contribution in [3.8, 4) is 0 Å². The second-order valence-corrected chi connectivity index (χ2v) is 6.65. The predicted octanol–water partition coefficient (Wildman–Crippen LogP) is 1.96. The van der Waals surface area contributed by atoms with E-state index < -0.39 is 9.84 Å². The van der Waals surface area contributed by atoms with E-state index in [1.165, 1.54) is 0 Å². The molecule has 1 unspecified atom stereocenters. The Morgan fingerprint density at radius 1 is 1.33 bits per heavy atom. The molecule has 15 heavy (non-hydrogen) atoms. The summed E-state index contributed by atoms with van der Waals surface area (Å²) in [7, 11) is -2.91. The molecule has 0 N–H and O–H groups in total. The second kappa shape index (κ2) is 5.64. The molecule has 0 heterocycles. The number of Topliss-reactive ketones (excluding diaryl/α,β-unsaturated/α-hetero) is 1. The summed E-state index contributed by atoms with van der Waals surface area (Å²) in [6.45, 7) is 1.98. The molecule has 1 atom stereocenters. The monoisotopic (exact) mass is 232 g/mol. The van der Waals surface area contributed by atoms with Gasteiger partial charge in [-0.15, -0.1) is 0 Å². The van der Waals surface area contributed by atoms with Gasteiger partial charge in [0.25, 0.3) is 0 Å². The molecule has 0 aliphatic heterocycles. The van der Waals surface area contributed by atoms with Gasteiger partial charge in [0.1, 0.15) is 15.6 Å². The fraction of sp³-hybridized carbons (Fsp3) is 0.909. The number of carbonyl (C=O) groups is 1. The molecule has 0 bridgehead atoms. The Hall–Kier alpha value is -0.380. The van der Waals surface area contributed by atoms with Crippen LogP contribution in [0.1, 0.15) is 45.4 Å². The largest absolute Gasteiger partial charge is 0.299 e. The SMILES string of the molecule is CCCCS(=O)(=O)CCC1CCCC1=O. The lowest BCUT2D eigenvalue weighted by atomic mass is 10.1. The standard InChI is InChI=1S/C11H20O3S/c1-2-3-8-15(13,14)9-7-10-5-4-6-11(10)12/h10H,2-9H2,1H3. The smallest absolute Gasteiger partial charge is 0.150 e. The Morgan fingerprint density at radius 3 is 2.60 bits per heavy atom. The molecule has 0 saturated heterocycles. The molecule has 1 aliphatic rings. The number of hydrogen-bond donors (Lipinski definition) is 0. The summed E-state index contributed by atoms with van der Waals surface area (Å²) in [5.41, 5.74) is 0. The molecule has 0 aromatic rings. The van der Waals surface area contributed by atoms with Gasteiger partial charge >= 0.3 is 0 Å². The van der Waals surface area contributed by atoms with Gasteiger partial charge in [0.05, 0.1) is 11.5 Å². The molecule has 1 aliphatic carbocycles. The molecular weight excluding hydrogens is 212 g/mol. The Morgan fingerprint density at radius 2 is 2.07 bits per heavy atom. The van der Waals surface area contributed by atoms with Gasteiger partial charge in [-0.1, -0.05) is 13.3 Å². The Balaban J connectivity index is 2.32. The number of ketones is 1. The van der Waals surface area contributed by atoms with Crippen molar-refractivity contribution in [2.75, 3.05) is 11.5 Å². The highest BCUT2D eigenvalue weighted by molar-refractivity contribution is 7.91. The van der Waals surface area contributed by atoms with Crippen LogP contribution in [0.25, 0.3) is 0 Å². The highest BCUT2D eigenvalue weighted by Crippen LogP contribution is 2.24. The summed E-state index contributed by atoms with van der Waals surface area (Å²) in [6.07, 6.45) is 4.67. The zero-order valence-corrected chi connectivity index (χ0v) is 10.2. The van der Waals surface area contributed by atoms with Crippen molar-refractivity contribution in [2.24, 2.45) is 5.92 Å². The van der Waals surface area contributed by atoms with Crippen LogP contribution in [0.15, 0.2) is 0 Å². The zero-order chi connectivity index (χ0) is 11.3. The molecule has 1 rings (SSSR count). The van der Waals surface area contributed by atoms with Crippen LogP contribution in [-0.4, -0.2) is 25.7 Å². The molecule has 1 saturated carbocycles. The van der Waals surface area contributed by atoms with Crippen molar-refractivity contribution in [1.82, 2.24) is 0 Å². The topological polar surface area (TPSA) is 51.2 Å². The lowest BCUT2D eigenvalue weighted by Gasteiger charge is -2.07. The minimum atomic E-state index is -2.91. The van der Waals surface area contributed by atoms with Gasteiger partial charge in [-0.2, -0.15) is 0 Å². The summed E-state index contributed by atoms with van der Waals surface area (Å²) in [4.78, 5) is 11.3. The van der Waals surface area contributed by atoms with Gasteiger partial charge in [-0.05, 0) is 25.7 Å². The first kappa shape index (κ1) is 12.7. The second-order valence-electron chi connectivity index (χ2n) is 4.35. The summed E-state index contributed by atoms with van der Waals surface area (Å²) >= 11 is 0. The first-order valence-corrected chi connectivity index (χ1v) is 7.60. The third kappa shape index (κ3) is 4.33.